The molecule has 0 unspecified atom stereocenters. The molecule has 0 bridgehead atoms. The van der Waals surface area contributed by atoms with Gasteiger partial charge in [0.15, 0.2) is 0 Å². The number of unbranched alkanes of at least 4 members (excludes halogenated alkanes) is 1. The minimum atomic E-state index is -0.0965. The molecule has 0 rings (SSSR count). The van der Waals surface area contributed by atoms with Gasteiger partial charge in [-0.05, 0) is 25.7 Å². The van der Waals surface area contributed by atoms with Crippen LogP contribution < -0.4 is 5.32 Å². The molecule has 106 valence electrons. The summed E-state index contributed by atoms with van der Waals surface area (Å²) in [4.78, 5) is 25.1. The molecule has 5 nitrogen and oxygen atoms in total. The van der Waals surface area contributed by atoms with Gasteiger partial charge in [-0.15, -0.1) is 0 Å². The van der Waals surface area contributed by atoms with E-state index in [1.54, 1.807) is 4.90 Å². The van der Waals surface area contributed by atoms with E-state index in [-0.39, 0.29) is 25.0 Å². The van der Waals surface area contributed by atoms with Crippen LogP contribution in [0.25, 0.3) is 0 Å². The molecule has 0 fully saturated rings. The molecule has 0 aromatic carbocycles. The molecule has 2 N–H and O–H groups in total. The molecule has 0 saturated carbocycles. The summed E-state index contributed by atoms with van der Waals surface area (Å²) in [5, 5.41) is 11.4. The van der Waals surface area contributed by atoms with Crippen molar-refractivity contribution in [3.8, 4) is 0 Å². The highest BCUT2D eigenvalue weighted by molar-refractivity contribution is 5.84. The van der Waals surface area contributed by atoms with Gasteiger partial charge >= 0.3 is 0 Å². The van der Waals surface area contributed by atoms with Crippen molar-refractivity contribution in [3.05, 3.63) is 0 Å². The van der Waals surface area contributed by atoms with Crippen LogP contribution in [0.3, 0.4) is 0 Å². The normalized spacial score (nSPS) is 10.2. The maximum atomic E-state index is 11.9. The second-order valence-electron chi connectivity index (χ2n) is 4.35. The zero-order chi connectivity index (χ0) is 13.8. The Balaban J connectivity index is 4.10. The quantitative estimate of drug-likeness (QED) is 0.572. The molecular weight excluding hydrogens is 232 g/mol. The van der Waals surface area contributed by atoms with Crippen LogP contribution in [0.5, 0.6) is 0 Å². The van der Waals surface area contributed by atoms with Crippen molar-refractivity contribution in [3.63, 3.8) is 0 Å². The Morgan fingerprint density at radius 1 is 1.17 bits per heavy atom. The second kappa shape index (κ2) is 11.0. The van der Waals surface area contributed by atoms with Crippen LogP contribution in [0.2, 0.25) is 0 Å². The second-order valence-corrected chi connectivity index (χ2v) is 4.35. The fraction of sp³-hybridized carbons (Fsp3) is 0.846. The van der Waals surface area contributed by atoms with Crippen LogP contribution in [-0.4, -0.2) is 48.1 Å². The van der Waals surface area contributed by atoms with Gasteiger partial charge in [0.2, 0.25) is 11.8 Å². The Bertz CT molecular complexity index is 244. The van der Waals surface area contributed by atoms with E-state index in [0.717, 1.165) is 12.8 Å². The van der Waals surface area contributed by atoms with Crippen LogP contribution in [0.4, 0.5) is 0 Å². The molecule has 5 heteroatoms. The van der Waals surface area contributed by atoms with Crippen molar-refractivity contribution >= 4 is 11.8 Å². The summed E-state index contributed by atoms with van der Waals surface area (Å²) in [5.41, 5.74) is 0. The summed E-state index contributed by atoms with van der Waals surface area (Å²) in [5.74, 6) is -0.0993. The van der Waals surface area contributed by atoms with E-state index in [0.29, 0.717) is 32.4 Å². The highest BCUT2D eigenvalue weighted by Crippen LogP contribution is 2.02. The first-order valence-electron chi connectivity index (χ1n) is 6.81. The number of aliphatic hydroxyl groups excluding tert-OH is 1. The zero-order valence-electron chi connectivity index (χ0n) is 11.6. The maximum Gasteiger partial charge on any atom is 0.239 e. The van der Waals surface area contributed by atoms with Crippen molar-refractivity contribution in [2.45, 2.75) is 46.0 Å². The van der Waals surface area contributed by atoms with Gasteiger partial charge in [-0.25, -0.2) is 0 Å². The number of aliphatic hydroxyl groups is 1. The van der Waals surface area contributed by atoms with Crippen LogP contribution >= 0.6 is 0 Å². The van der Waals surface area contributed by atoms with Crippen LogP contribution in [-0.2, 0) is 9.59 Å². The summed E-state index contributed by atoms with van der Waals surface area (Å²) in [6.45, 7) is 5.49. The number of rotatable bonds is 10. The van der Waals surface area contributed by atoms with Gasteiger partial charge in [0.1, 0.15) is 0 Å². The maximum absolute atomic E-state index is 11.9. The number of amides is 2. The molecule has 0 spiro atoms. The summed E-state index contributed by atoms with van der Waals surface area (Å²) < 4.78 is 0. The number of carbonyl (C=O) groups is 2. The Labute approximate surface area is 110 Å². The lowest BCUT2D eigenvalue weighted by atomic mass is 10.2. The third-order valence-electron chi connectivity index (χ3n) is 2.55. The van der Waals surface area contributed by atoms with Crippen molar-refractivity contribution in [2.75, 3.05) is 26.2 Å². The lowest BCUT2D eigenvalue weighted by Gasteiger charge is -2.21. The molecule has 18 heavy (non-hydrogen) atoms. The number of hydrogen-bond acceptors (Lipinski definition) is 3. The Morgan fingerprint density at radius 3 is 2.44 bits per heavy atom. The number of hydrogen-bond donors (Lipinski definition) is 2. The number of nitrogens with zero attached hydrogens (tertiary/aromatic N) is 1. The first-order chi connectivity index (χ1) is 8.65. The number of nitrogens with one attached hydrogen (secondary N) is 1. The third-order valence-corrected chi connectivity index (χ3v) is 2.55. The molecule has 0 atom stereocenters. The van der Waals surface area contributed by atoms with E-state index in [1.807, 2.05) is 13.8 Å². The molecule has 0 aromatic heterocycles. The molecule has 0 radical (unpaired) electrons. The first-order valence-corrected chi connectivity index (χ1v) is 6.81. The topological polar surface area (TPSA) is 69.6 Å². The zero-order valence-corrected chi connectivity index (χ0v) is 11.6. The van der Waals surface area contributed by atoms with Gasteiger partial charge in [-0.1, -0.05) is 13.8 Å². The Kier molecular flexibility index (Phi) is 10.3. The van der Waals surface area contributed by atoms with Crippen LogP contribution in [0, 0.1) is 0 Å². The average Bonchev–Trinajstić information content (AvgIpc) is 2.36. The largest absolute Gasteiger partial charge is 0.396 e. The minimum Gasteiger partial charge on any atom is -0.396 e. The summed E-state index contributed by atoms with van der Waals surface area (Å²) in [6, 6.07) is 0. The monoisotopic (exact) mass is 258 g/mol. The van der Waals surface area contributed by atoms with E-state index >= 15 is 0 Å². The molecule has 2 amide bonds. The molecule has 0 aromatic rings. The number of carbonyl (C=O) groups excluding carboxylic acids is 2. The third kappa shape index (κ3) is 8.06. The molecular formula is C13H26N2O3. The van der Waals surface area contributed by atoms with Crippen molar-refractivity contribution in [2.24, 2.45) is 0 Å². The fourth-order valence-electron chi connectivity index (χ4n) is 1.60. The van der Waals surface area contributed by atoms with Gasteiger partial charge in [-0.2, -0.15) is 0 Å². The van der Waals surface area contributed by atoms with Gasteiger partial charge in [0.05, 0.1) is 6.54 Å². The molecule has 0 heterocycles. The standard InChI is InChI=1S/C13H26N2O3/c1-3-8-14-12(17)11-15(9-4-2)13(18)7-5-6-10-16/h16H,3-11H2,1-2H3,(H,14,17). The van der Waals surface area contributed by atoms with Crippen LogP contribution in [0.15, 0.2) is 0 Å². The van der Waals surface area contributed by atoms with Crippen molar-refractivity contribution in [1.29, 1.82) is 0 Å². The smallest absolute Gasteiger partial charge is 0.239 e. The van der Waals surface area contributed by atoms with Gasteiger partial charge in [0.25, 0.3) is 0 Å². The molecule has 0 aliphatic heterocycles. The lowest BCUT2D eigenvalue weighted by Crippen LogP contribution is -2.41. The highest BCUT2D eigenvalue weighted by Gasteiger charge is 2.15. The van der Waals surface area contributed by atoms with Gasteiger partial charge in [0, 0.05) is 26.1 Å². The van der Waals surface area contributed by atoms with E-state index in [2.05, 4.69) is 5.32 Å². The Morgan fingerprint density at radius 2 is 1.89 bits per heavy atom. The summed E-state index contributed by atoms with van der Waals surface area (Å²) >= 11 is 0. The predicted octanol–water partition coefficient (Wildman–Crippen LogP) is 0.914. The van der Waals surface area contributed by atoms with E-state index in [4.69, 9.17) is 5.11 Å². The first kappa shape index (κ1) is 16.9. The van der Waals surface area contributed by atoms with Crippen LogP contribution in [0.1, 0.15) is 46.0 Å². The van der Waals surface area contributed by atoms with E-state index < -0.39 is 0 Å². The van der Waals surface area contributed by atoms with Crippen molar-refractivity contribution in [1.82, 2.24) is 10.2 Å². The lowest BCUT2D eigenvalue weighted by molar-refractivity contribution is -0.136. The minimum absolute atomic E-state index is 0.00283. The van der Waals surface area contributed by atoms with E-state index in [1.165, 1.54) is 0 Å². The fourth-order valence-corrected chi connectivity index (χ4v) is 1.60. The Hall–Kier alpha value is -1.10. The van der Waals surface area contributed by atoms with E-state index in [9.17, 15) is 9.59 Å². The SMILES string of the molecule is CCCNC(=O)CN(CCC)C(=O)CCCCO. The highest BCUT2D eigenvalue weighted by atomic mass is 16.3. The predicted molar refractivity (Wildman–Crippen MR) is 71.1 cm³/mol. The summed E-state index contributed by atoms with van der Waals surface area (Å²) in [7, 11) is 0. The molecule has 0 aliphatic carbocycles. The van der Waals surface area contributed by atoms with Crippen molar-refractivity contribution < 1.29 is 14.7 Å². The van der Waals surface area contributed by atoms with Gasteiger partial charge in [-0.3, -0.25) is 9.59 Å². The van der Waals surface area contributed by atoms with Gasteiger partial charge < -0.3 is 15.3 Å². The molecule has 0 saturated heterocycles. The summed E-state index contributed by atoms with van der Waals surface area (Å²) in [6.07, 6.45) is 3.44. The molecule has 0 aliphatic rings. The average molecular weight is 258 g/mol.